The summed E-state index contributed by atoms with van der Waals surface area (Å²) < 4.78 is 10.7. The number of hydrogen-bond acceptors (Lipinski definition) is 2. The molecule has 0 bridgehead atoms. The van der Waals surface area contributed by atoms with Gasteiger partial charge in [0.25, 0.3) is 0 Å². The number of ether oxygens (including phenoxy) is 2. The van der Waals surface area contributed by atoms with Crippen LogP contribution >= 0.6 is 0 Å². The fraction of sp³-hybridized carbons (Fsp3) is 0.455. The van der Waals surface area contributed by atoms with E-state index in [2.05, 4.69) is 12.1 Å². The van der Waals surface area contributed by atoms with Gasteiger partial charge < -0.3 is 9.47 Å². The van der Waals surface area contributed by atoms with Crippen molar-refractivity contribution in [2.75, 3.05) is 6.61 Å². The van der Waals surface area contributed by atoms with E-state index in [4.69, 9.17) is 9.47 Å². The molecule has 70 valence electrons. The van der Waals surface area contributed by atoms with Gasteiger partial charge in [0.1, 0.15) is 11.9 Å². The van der Waals surface area contributed by atoms with Crippen molar-refractivity contribution in [3.63, 3.8) is 0 Å². The van der Waals surface area contributed by atoms with Crippen LogP contribution in [0.15, 0.2) is 24.3 Å². The number of epoxide rings is 1. The molecule has 1 heterocycles. The Morgan fingerprint density at radius 3 is 2.38 bits per heavy atom. The SMILES string of the molecule is CC(C)Oc1ccc(C2CO2)cc1. The second-order valence-electron chi connectivity index (χ2n) is 3.56. The van der Waals surface area contributed by atoms with Crippen LogP contribution < -0.4 is 4.74 Å². The van der Waals surface area contributed by atoms with Crippen molar-refractivity contribution < 1.29 is 9.47 Å². The third-order valence-corrected chi connectivity index (χ3v) is 1.96. The first-order valence-electron chi connectivity index (χ1n) is 4.64. The molecule has 1 unspecified atom stereocenters. The van der Waals surface area contributed by atoms with Gasteiger partial charge in [-0.05, 0) is 31.5 Å². The summed E-state index contributed by atoms with van der Waals surface area (Å²) in [6, 6.07) is 8.12. The Hall–Kier alpha value is -1.02. The predicted octanol–water partition coefficient (Wildman–Crippen LogP) is 2.55. The van der Waals surface area contributed by atoms with Gasteiger partial charge in [0.2, 0.25) is 0 Å². The molecule has 0 spiro atoms. The summed E-state index contributed by atoms with van der Waals surface area (Å²) >= 11 is 0. The predicted molar refractivity (Wildman–Crippen MR) is 50.9 cm³/mol. The zero-order chi connectivity index (χ0) is 9.26. The summed E-state index contributed by atoms with van der Waals surface area (Å²) in [7, 11) is 0. The van der Waals surface area contributed by atoms with Crippen molar-refractivity contribution in [2.45, 2.75) is 26.1 Å². The molecule has 1 fully saturated rings. The Labute approximate surface area is 78.5 Å². The van der Waals surface area contributed by atoms with Gasteiger partial charge in [-0.2, -0.15) is 0 Å². The van der Waals surface area contributed by atoms with Crippen molar-refractivity contribution >= 4 is 0 Å². The Kier molecular flexibility index (Phi) is 2.23. The molecule has 1 aliphatic rings. The van der Waals surface area contributed by atoms with Crippen LogP contribution in [0.2, 0.25) is 0 Å². The van der Waals surface area contributed by atoms with Gasteiger partial charge >= 0.3 is 0 Å². The normalized spacial score (nSPS) is 20.4. The Morgan fingerprint density at radius 1 is 1.31 bits per heavy atom. The molecule has 1 atom stereocenters. The first-order valence-corrected chi connectivity index (χ1v) is 4.64. The van der Waals surface area contributed by atoms with Gasteiger partial charge in [0.05, 0.1) is 12.7 Å². The maximum Gasteiger partial charge on any atom is 0.119 e. The van der Waals surface area contributed by atoms with Crippen LogP contribution in [0.1, 0.15) is 25.5 Å². The van der Waals surface area contributed by atoms with E-state index in [1.165, 1.54) is 5.56 Å². The summed E-state index contributed by atoms with van der Waals surface area (Å²) in [5.74, 6) is 0.930. The van der Waals surface area contributed by atoms with Crippen molar-refractivity contribution in [3.8, 4) is 5.75 Å². The topological polar surface area (TPSA) is 21.8 Å². The fourth-order valence-electron chi connectivity index (χ4n) is 1.27. The maximum atomic E-state index is 5.53. The molecule has 13 heavy (non-hydrogen) atoms. The van der Waals surface area contributed by atoms with Crippen LogP contribution in [0.4, 0.5) is 0 Å². The molecule has 2 nitrogen and oxygen atoms in total. The van der Waals surface area contributed by atoms with Crippen molar-refractivity contribution in [1.82, 2.24) is 0 Å². The van der Waals surface area contributed by atoms with E-state index in [1.54, 1.807) is 0 Å². The maximum absolute atomic E-state index is 5.53. The lowest BCUT2D eigenvalue weighted by Crippen LogP contribution is -2.05. The molecule has 1 saturated heterocycles. The van der Waals surface area contributed by atoms with E-state index in [0.717, 1.165) is 12.4 Å². The van der Waals surface area contributed by atoms with Crippen LogP contribution in [-0.4, -0.2) is 12.7 Å². The molecule has 0 amide bonds. The van der Waals surface area contributed by atoms with Gasteiger partial charge in [-0.3, -0.25) is 0 Å². The summed E-state index contributed by atoms with van der Waals surface area (Å²) in [4.78, 5) is 0. The minimum absolute atomic E-state index is 0.239. The van der Waals surface area contributed by atoms with E-state index in [9.17, 15) is 0 Å². The van der Waals surface area contributed by atoms with Crippen LogP contribution in [0.5, 0.6) is 5.75 Å². The van der Waals surface area contributed by atoms with E-state index in [-0.39, 0.29) is 6.10 Å². The molecule has 0 aliphatic carbocycles. The third-order valence-electron chi connectivity index (χ3n) is 1.96. The highest BCUT2D eigenvalue weighted by atomic mass is 16.6. The molecule has 0 saturated carbocycles. The standard InChI is InChI=1S/C11H14O2/c1-8(2)13-10-5-3-9(4-6-10)11-7-12-11/h3-6,8,11H,7H2,1-2H3. The minimum Gasteiger partial charge on any atom is -0.491 e. The van der Waals surface area contributed by atoms with E-state index in [1.807, 2.05) is 26.0 Å². The van der Waals surface area contributed by atoms with Crippen LogP contribution in [0, 0.1) is 0 Å². The molecular formula is C11H14O2. The third kappa shape index (κ3) is 2.22. The molecule has 1 aliphatic heterocycles. The van der Waals surface area contributed by atoms with Crippen LogP contribution in [-0.2, 0) is 4.74 Å². The summed E-state index contributed by atoms with van der Waals surface area (Å²) in [5, 5.41) is 0. The van der Waals surface area contributed by atoms with Crippen molar-refractivity contribution in [3.05, 3.63) is 29.8 Å². The monoisotopic (exact) mass is 178 g/mol. The molecule has 0 N–H and O–H groups in total. The smallest absolute Gasteiger partial charge is 0.119 e. The average Bonchev–Trinajstić information content (AvgIpc) is 2.87. The highest BCUT2D eigenvalue weighted by Crippen LogP contribution is 2.30. The zero-order valence-electron chi connectivity index (χ0n) is 7.99. The fourth-order valence-corrected chi connectivity index (χ4v) is 1.27. The van der Waals surface area contributed by atoms with Crippen molar-refractivity contribution in [2.24, 2.45) is 0 Å². The summed E-state index contributed by atoms with van der Waals surface area (Å²) in [6.07, 6.45) is 0.580. The second kappa shape index (κ2) is 3.38. The quantitative estimate of drug-likeness (QED) is 0.663. The number of hydrogen-bond donors (Lipinski definition) is 0. The molecule has 2 heteroatoms. The molecule has 2 rings (SSSR count). The summed E-state index contributed by atoms with van der Waals surface area (Å²) in [6.45, 7) is 4.92. The first kappa shape index (κ1) is 8.57. The van der Waals surface area contributed by atoms with E-state index >= 15 is 0 Å². The lowest BCUT2D eigenvalue weighted by atomic mass is 10.1. The van der Waals surface area contributed by atoms with Gasteiger partial charge in [-0.1, -0.05) is 12.1 Å². The Balaban J connectivity index is 2.04. The largest absolute Gasteiger partial charge is 0.491 e. The van der Waals surface area contributed by atoms with Gasteiger partial charge in [0, 0.05) is 0 Å². The zero-order valence-corrected chi connectivity index (χ0v) is 7.99. The van der Waals surface area contributed by atoms with E-state index in [0.29, 0.717) is 6.10 Å². The van der Waals surface area contributed by atoms with Crippen LogP contribution in [0.3, 0.4) is 0 Å². The van der Waals surface area contributed by atoms with E-state index < -0.39 is 0 Å². The molecule has 1 aromatic carbocycles. The second-order valence-corrected chi connectivity index (χ2v) is 3.56. The molecular weight excluding hydrogens is 164 g/mol. The minimum atomic E-state index is 0.239. The first-order chi connectivity index (χ1) is 6.25. The molecule has 1 aromatic rings. The van der Waals surface area contributed by atoms with Crippen molar-refractivity contribution in [1.29, 1.82) is 0 Å². The number of benzene rings is 1. The van der Waals surface area contributed by atoms with Gasteiger partial charge in [-0.15, -0.1) is 0 Å². The highest BCUT2D eigenvalue weighted by Gasteiger charge is 2.24. The highest BCUT2D eigenvalue weighted by molar-refractivity contribution is 5.29. The lowest BCUT2D eigenvalue weighted by Gasteiger charge is -2.09. The number of rotatable bonds is 3. The average molecular weight is 178 g/mol. The molecule has 0 radical (unpaired) electrons. The molecule has 0 aromatic heterocycles. The Bertz CT molecular complexity index is 273. The van der Waals surface area contributed by atoms with Crippen LogP contribution in [0.25, 0.3) is 0 Å². The van der Waals surface area contributed by atoms with Gasteiger partial charge in [0.15, 0.2) is 0 Å². The van der Waals surface area contributed by atoms with Gasteiger partial charge in [-0.25, -0.2) is 0 Å². The lowest BCUT2D eigenvalue weighted by molar-refractivity contribution is 0.242. The summed E-state index contributed by atoms with van der Waals surface area (Å²) in [5.41, 5.74) is 1.25. The Morgan fingerprint density at radius 2 is 1.92 bits per heavy atom.